The van der Waals surface area contributed by atoms with Crippen LogP contribution in [0.15, 0.2) is 48.5 Å². The van der Waals surface area contributed by atoms with Gasteiger partial charge in [-0.25, -0.2) is 0 Å². The van der Waals surface area contributed by atoms with E-state index in [9.17, 15) is 0 Å². The molecular weight excluding hydrogens is 196 g/mol. The molecule has 1 heteroatoms. The Kier molecular flexibility index (Phi) is 3.73. The van der Waals surface area contributed by atoms with E-state index in [-0.39, 0.29) is 0 Å². The van der Waals surface area contributed by atoms with Gasteiger partial charge in [-0.15, -0.1) is 0 Å². The zero-order valence-corrected chi connectivity index (χ0v) is 9.44. The number of rotatable bonds is 4. The van der Waals surface area contributed by atoms with Gasteiger partial charge in [0, 0.05) is 7.11 Å². The molecule has 0 aliphatic heterocycles. The summed E-state index contributed by atoms with van der Waals surface area (Å²) < 4.78 is 5.06. The lowest BCUT2D eigenvalue weighted by Gasteiger charge is -2.04. The summed E-state index contributed by atoms with van der Waals surface area (Å²) in [7, 11) is 1.73. The SMILES string of the molecule is COCCc1ccc(-c2cc[c]cc2)cc1. The number of methoxy groups -OCH3 is 1. The average Bonchev–Trinajstić information content (AvgIpc) is 2.38. The third kappa shape index (κ3) is 2.71. The molecule has 0 fully saturated rings. The molecule has 0 atom stereocenters. The van der Waals surface area contributed by atoms with E-state index in [4.69, 9.17) is 4.74 Å². The van der Waals surface area contributed by atoms with Crippen molar-refractivity contribution < 1.29 is 4.74 Å². The first kappa shape index (κ1) is 10.9. The zero-order valence-electron chi connectivity index (χ0n) is 9.44. The van der Waals surface area contributed by atoms with Crippen molar-refractivity contribution in [2.45, 2.75) is 6.42 Å². The quantitative estimate of drug-likeness (QED) is 0.753. The summed E-state index contributed by atoms with van der Waals surface area (Å²) in [6.07, 6.45) is 0.972. The zero-order chi connectivity index (χ0) is 11.2. The second-order valence-corrected chi connectivity index (χ2v) is 3.73. The Bertz CT molecular complexity index is 417. The van der Waals surface area contributed by atoms with Gasteiger partial charge in [-0.1, -0.05) is 48.5 Å². The summed E-state index contributed by atoms with van der Waals surface area (Å²) in [4.78, 5) is 0. The van der Waals surface area contributed by atoms with Crippen molar-refractivity contribution in [1.82, 2.24) is 0 Å². The summed E-state index contributed by atoms with van der Waals surface area (Å²) >= 11 is 0. The van der Waals surface area contributed by atoms with Gasteiger partial charge in [0.1, 0.15) is 0 Å². The molecule has 2 rings (SSSR count). The van der Waals surface area contributed by atoms with Crippen LogP contribution in [0.2, 0.25) is 0 Å². The van der Waals surface area contributed by atoms with Gasteiger partial charge in [0.25, 0.3) is 0 Å². The Morgan fingerprint density at radius 3 is 2.19 bits per heavy atom. The molecule has 1 nitrogen and oxygen atoms in total. The first-order valence-corrected chi connectivity index (χ1v) is 5.44. The van der Waals surface area contributed by atoms with Crippen molar-refractivity contribution >= 4 is 0 Å². The lowest BCUT2D eigenvalue weighted by molar-refractivity contribution is 0.202. The van der Waals surface area contributed by atoms with Crippen LogP contribution >= 0.6 is 0 Å². The topological polar surface area (TPSA) is 9.23 Å². The molecule has 0 N–H and O–H groups in total. The Labute approximate surface area is 96.7 Å². The van der Waals surface area contributed by atoms with Crippen molar-refractivity contribution in [3.8, 4) is 11.1 Å². The van der Waals surface area contributed by atoms with Gasteiger partial charge in [0.15, 0.2) is 0 Å². The van der Waals surface area contributed by atoms with Gasteiger partial charge in [-0.3, -0.25) is 0 Å². The second-order valence-electron chi connectivity index (χ2n) is 3.73. The lowest BCUT2D eigenvalue weighted by atomic mass is 10.0. The van der Waals surface area contributed by atoms with Crippen LogP contribution in [-0.2, 0) is 11.2 Å². The third-order valence-electron chi connectivity index (χ3n) is 2.60. The molecule has 0 unspecified atom stereocenters. The van der Waals surface area contributed by atoms with Gasteiger partial charge < -0.3 is 4.74 Å². The van der Waals surface area contributed by atoms with Crippen molar-refractivity contribution in [1.29, 1.82) is 0 Å². The minimum atomic E-state index is 0.777. The number of benzene rings is 2. The fourth-order valence-corrected chi connectivity index (χ4v) is 1.66. The van der Waals surface area contributed by atoms with Crippen LogP contribution in [-0.4, -0.2) is 13.7 Å². The molecule has 0 aromatic heterocycles. The highest BCUT2D eigenvalue weighted by Gasteiger charge is 1.97. The Morgan fingerprint density at radius 1 is 0.938 bits per heavy atom. The summed E-state index contributed by atoms with van der Waals surface area (Å²) in [5, 5.41) is 0. The molecular formula is C15H15O. The van der Waals surface area contributed by atoms with Crippen molar-refractivity contribution in [3.05, 3.63) is 60.2 Å². The summed E-state index contributed by atoms with van der Waals surface area (Å²) in [6.45, 7) is 0.777. The second kappa shape index (κ2) is 5.47. The Hall–Kier alpha value is -1.60. The van der Waals surface area contributed by atoms with E-state index in [1.54, 1.807) is 7.11 Å². The highest BCUT2D eigenvalue weighted by molar-refractivity contribution is 5.63. The van der Waals surface area contributed by atoms with Crippen LogP contribution in [0.25, 0.3) is 11.1 Å². The van der Waals surface area contributed by atoms with E-state index in [0.29, 0.717) is 0 Å². The normalized spacial score (nSPS) is 10.3. The molecule has 81 valence electrons. The molecule has 0 saturated carbocycles. The van der Waals surface area contributed by atoms with Gasteiger partial charge in [-0.2, -0.15) is 0 Å². The van der Waals surface area contributed by atoms with Crippen LogP contribution in [0.3, 0.4) is 0 Å². The largest absolute Gasteiger partial charge is 0.384 e. The van der Waals surface area contributed by atoms with Gasteiger partial charge in [0.05, 0.1) is 6.61 Å². The molecule has 0 saturated heterocycles. The maximum absolute atomic E-state index is 5.06. The summed E-state index contributed by atoms with van der Waals surface area (Å²) in [6, 6.07) is 19.7. The molecule has 2 aromatic rings. The fraction of sp³-hybridized carbons (Fsp3) is 0.200. The Balaban J connectivity index is 2.13. The van der Waals surface area contributed by atoms with Gasteiger partial charge in [-0.05, 0) is 29.2 Å². The van der Waals surface area contributed by atoms with Gasteiger partial charge in [0.2, 0.25) is 0 Å². The summed E-state index contributed by atoms with van der Waals surface area (Å²) in [5.41, 5.74) is 3.79. The first-order chi connectivity index (χ1) is 7.90. The maximum atomic E-state index is 5.06. The van der Waals surface area contributed by atoms with Crippen LogP contribution in [0.5, 0.6) is 0 Å². The minimum Gasteiger partial charge on any atom is -0.384 e. The minimum absolute atomic E-state index is 0.777. The van der Waals surface area contributed by atoms with E-state index < -0.39 is 0 Å². The molecule has 1 radical (unpaired) electrons. The molecule has 0 spiro atoms. The van der Waals surface area contributed by atoms with Crippen LogP contribution < -0.4 is 0 Å². The molecule has 2 aromatic carbocycles. The fourth-order valence-electron chi connectivity index (χ4n) is 1.66. The average molecular weight is 211 g/mol. The van der Waals surface area contributed by atoms with Crippen molar-refractivity contribution in [2.75, 3.05) is 13.7 Å². The monoisotopic (exact) mass is 211 g/mol. The van der Waals surface area contributed by atoms with E-state index in [1.807, 2.05) is 12.1 Å². The first-order valence-electron chi connectivity index (χ1n) is 5.44. The predicted octanol–water partition coefficient (Wildman–Crippen LogP) is 3.34. The number of hydrogen-bond donors (Lipinski definition) is 0. The van der Waals surface area contributed by atoms with Crippen LogP contribution in [0, 0.1) is 6.07 Å². The molecule has 0 heterocycles. The van der Waals surface area contributed by atoms with Gasteiger partial charge >= 0.3 is 0 Å². The molecule has 16 heavy (non-hydrogen) atoms. The predicted molar refractivity (Wildman–Crippen MR) is 66.3 cm³/mol. The van der Waals surface area contributed by atoms with E-state index in [1.165, 1.54) is 16.7 Å². The molecule has 0 aliphatic carbocycles. The third-order valence-corrected chi connectivity index (χ3v) is 2.60. The maximum Gasteiger partial charge on any atom is 0.0502 e. The highest BCUT2D eigenvalue weighted by Crippen LogP contribution is 2.19. The van der Waals surface area contributed by atoms with Crippen LogP contribution in [0.4, 0.5) is 0 Å². The standard InChI is InChI=1S/C15H15O/c1-16-12-11-13-7-9-15(10-8-13)14-5-3-2-4-6-14/h3-10H,11-12H2,1H3. The molecule has 0 bridgehead atoms. The lowest BCUT2D eigenvalue weighted by Crippen LogP contribution is -1.93. The van der Waals surface area contributed by atoms with E-state index in [2.05, 4.69) is 42.5 Å². The smallest absolute Gasteiger partial charge is 0.0502 e. The van der Waals surface area contributed by atoms with E-state index in [0.717, 1.165) is 13.0 Å². The Morgan fingerprint density at radius 2 is 1.56 bits per heavy atom. The highest BCUT2D eigenvalue weighted by atomic mass is 16.5. The number of ether oxygens (including phenoxy) is 1. The number of hydrogen-bond acceptors (Lipinski definition) is 1. The van der Waals surface area contributed by atoms with Crippen molar-refractivity contribution in [2.24, 2.45) is 0 Å². The molecule has 0 amide bonds. The van der Waals surface area contributed by atoms with Crippen LogP contribution in [0.1, 0.15) is 5.56 Å². The molecule has 0 aliphatic rings. The van der Waals surface area contributed by atoms with E-state index >= 15 is 0 Å². The summed E-state index contributed by atoms with van der Waals surface area (Å²) in [5.74, 6) is 0. The van der Waals surface area contributed by atoms with Crippen molar-refractivity contribution in [3.63, 3.8) is 0 Å².